The molecule has 0 aromatic carbocycles. The predicted octanol–water partition coefficient (Wildman–Crippen LogP) is 2.31. The molecule has 1 fully saturated rings. The highest BCUT2D eigenvalue weighted by molar-refractivity contribution is 5.57. The maximum Gasteiger partial charge on any atom is 0.0637 e. The zero-order chi connectivity index (χ0) is 9.76. The van der Waals surface area contributed by atoms with Crippen LogP contribution >= 0.6 is 0 Å². The van der Waals surface area contributed by atoms with Gasteiger partial charge in [0.2, 0.25) is 0 Å². The Balaban J connectivity index is 2.09. The molecule has 0 amide bonds. The average molecular weight is 188 g/mol. The molecule has 3 rings (SSSR count). The fraction of sp³-hybridized carbons (Fsp3) is 0.583. The summed E-state index contributed by atoms with van der Waals surface area (Å²) in [5.74, 6) is 0. The molecule has 0 N–H and O–H groups in total. The Kier molecular flexibility index (Phi) is 1.48. The van der Waals surface area contributed by atoms with E-state index in [1.165, 1.54) is 42.6 Å². The van der Waals surface area contributed by atoms with Crippen LogP contribution in [-0.4, -0.2) is 17.6 Å². The number of hydrogen-bond acceptors (Lipinski definition) is 2. The zero-order valence-corrected chi connectivity index (χ0v) is 8.88. The van der Waals surface area contributed by atoms with Crippen molar-refractivity contribution >= 4 is 5.69 Å². The Labute approximate surface area is 85.0 Å². The van der Waals surface area contributed by atoms with E-state index in [2.05, 4.69) is 29.9 Å². The quantitative estimate of drug-likeness (QED) is 0.621. The van der Waals surface area contributed by atoms with Gasteiger partial charge >= 0.3 is 0 Å². The number of fused-ring (bicyclic) bond motifs is 1. The van der Waals surface area contributed by atoms with Crippen molar-refractivity contribution in [1.29, 1.82) is 0 Å². The summed E-state index contributed by atoms with van der Waals surface area (Å²) in [6.45, 7) is 2.12. The third kappa shape index (κ3) is 0.999. The maximum atomic E-state index is 4.52. The number of aryl methyl sites for hydroxylation is 2. The van der Waals surface area contributed by atoms with Gasteiger partial charge in [0.05, 0.1) is 11.4 Å². The molecular weight excluding hydrogens is 172 g/mol. The van der Waals surface area contributed by atoms with Gasteiger partial charge in [0.1, 0.15) is 0 Å². The average Bonchev–Trinajstić information content (AvgIpc) is 2.94. The summed E-state index contributed by atoms with van der Waals surface area (Å²) >= 11 is 0. The minimum absolute atomic E-state index is 0.516. The lowest BCUT2D eigenvalue weighted by Gasteiger charge is -2.36. The number of pyridine rings is 1. The first-order valence-electron chi connectivity index (χ1n) is 5.41. The fourth-order valence-electron chi connectivity index (χ4n) is 2.57. The van der Waals surface area contributed by atoms with E-state index in [0.29, 0.717) is 5.54 Å². The summed E-state index contributed by atoms with van der Waals surface area (Å²) in [6, 6.07) is 2.28. The Hall–Kier alpha value is -1.05. The topological polar surface area (TPSA) is 16.1 Å². The highest BCUT2D eigenvalue weighted by atomic mass is 15.2. The summed E-state index contributed by atoms with van der Waals surface area (Å²) in [6.07, 6.45) is 7.19. The van der Waals surface area contributed by atoms with Gasteiger partial charge in [-0.1, -0.05) is 0 Å². The predicted molar refractivity (Wildman–Crippen MR) is 57.7 cm³/mol. The minimum atomic E-state index is 0.516. The molecule has 74 valence electrons. The fourth-order valence-corrected chi connectivity index (χ4v) is 2.57. The molecule has 2 nitrogen and oxygen atoms in total. The third-order valence-electron chi connectivity index (χ3n) is 3.81. The van der Waals surface area contributed by atoms with Crippen molar-refractivity contribution in [3.8, 4) is 0 Å². The van der Waals surface area contributed by atoms with Gasteiger partial charge in [0.15, 0.2) is 0 Å². The first kappa shape index (κ1) is 8.27. The molecule has 0 bridgehead atoms. The Bertz CT molecular complexity index is 380. The van der Waals surface area contributed by atoms with E-state index < -0.39 is 0 Å². The molecular formula is C12H16N2. The van der Waals surface area contributed by atoms with Crippen LogP contribution in [0.3, 0.4) is 0 Å². The molecule has 2 heteroatoms. The largest absolute Gasteiger partial charge is 0.367 e. The monoisotopic (exact) mass is 188 g/mol. The van der Waals surface area contributed by atoms with Crippen molar-refractivity contribution in [2.75, 3.05) is 11.9 Å². The van der Waals surface area contributed by atoms with Crippen molar-refractivity contribution in [2.24, 2.45) is 0 Å². The first-order valence-corrected chi connectivity index (χ1v) is 5.41. The van der Waals surface area contributed by atoms with Crippen LogP contribution in [-0.2, 0) is 6.42 Å². The number of aromatic nitrogens is 1. The minimum Gasteiger partial charge on any atom is -0.367 e. The maximum absolute atomic E-state index is 4.52. The number of rotatable bonds is 0. The number of anilines is 1. The normalized spacial score (nSPS) is 22.3. The van der Waals surface area contributed by atoms with Crippen molar-refractivity contribution in [3.63, 3.8) is 0 Å². The standard InChI is InChI=1S/C12H16N2/c1-9-7-11-10(13-8-9)3-4-12(5-6-12)14(11)2/h7-8H,3-6H2,1-2H3. The van der Waals surface area contributed by atoms with E-state index in [1.807, 2.05) is 6.20 Å². The summed E-state index contributed by atoms with van der Waals surface area (Å²) < 4.78 is 0. The molecule has 1 aromatic rings. The Morgan fingerprint density at radius 2 is 2.14 bits per heavy atom. The molecule has 2 aliphatic rings. The molecule has 0 saturated heterocycles. The van der Waals surface area contributed by atoms with Gasteiger partial charge in [-0.2, -0.15) is 0 Å². The second-order valence-corrected chi connectivity index (χ2v) is 4.76. The Morgan fingerprint density at radius 3 is 2.86 bits per heavy atom. The SMILES string of the molecule is Cc1cnc2c(c1)N(C)C1(CC2)CC1. The van der Waals surface area contributed by atoms with Gasteiger partial charge in [-0.15, -0.1) is 0 Å². The molecule has 1 spiro atoms. The van der Waals surface area contributed by atoms with Crippen molar-refractivity contribution in [2.45, 2.75) is 38.1 Å². The summed E-state index contributed by atoms with van der Waals surface area (Å²) in [4.78, 5) is 6.98. The van der Waals surface area contributed by atoms with Crippen LogP contribution < -0.4 is 4.90 Å². The third-order valence-corrected chi connectivity index (χ3v) is 3.81. The van der Waals surface area contributed by atoms with E-state index in [-0.39, 0.29) is 0 Å². The van der Waals surface area contributed by atoms with Gasteiger partial charge in [-0.3, -0.25) is 4.98 Å². The van der Waals surface area contributed by atoms with Crippen LogP contribution in [0.2, 0.25) is 0 Å². The molecule has 1 aliphatic carbocycles. The van der Waals surface area contributed by atoms with E-state index in [9.17, 15) is 0 Å². The second-order valence-electron chi connectivity index (χ2n) is 4.76. The van der Waals surface area contributed by atoms with E-state index >= 15 is 0 Å². The first-order chi connectivity index (χ1) is 6.71. The van der Waals surface area contributed by atoms with Crippen LogP contribution in [0.5, 0.6) is 0 Å². The van der Waals surface area contributed by atoms with Crippen LogP contribution in [0, 0.1) is 6.92 Å². The van der Waals surface area contributed by atoms with Crippen LogP contribution in [0.1, 0.15) is 30.5 Å². The van der Waals surface area contributed by atoms with Crippen LogP contribution in [0.15, 0.2) is 12.3 Å². The van der Waals surface area contributed by atoms with Crippen molar-refractivity contribution in [1.82, 2.24) is 4.98 Å². The van der Waals surface area contributed by atoms with E-state index in [0.717, 1.165) is 0 Å². The van der Waals surface area contributed by atoms with Gasteiger partial charge in [-0.25, -0.2) is 0 Å². The zero-order valence-electron chi connectivity index (χ0n) is 8.88. The van der Waals surface area contributed by atoms with Gasteiger partial charge < -0.3 is 4.90 Å². The summed E-state index contributed by atoms with van der Waals surface area (Å²) in [5.41, 5.74) is 4.44. The number of hydrogen-bond donors (Lipinski definition) is 0. The molecule has 1 aliphatic heterocycles. The summed E-state index contributed by atoms with van der Waals surface area (Å²) in [5, 5.41) is 0. The van der Waals surface area contributed by atoms with Crippen LogP contribution in [0.4, 0.5) is 5.69 Å². The molecule has 1 saturated carbocycles. The van der Waals surface area contributed by atoms with E-state index in [1.54, 1.807) is 0 Å². The van der Waals surface area contributed by atoms with Gasteiger partial charge in [-0.05, 0) is 44.2 Å². The lowest BCUT2D eigenvalue weighted by Crippen LogP contribution is -2.38. The van der Waals surface area contributed by atoms with Crippen molar-refractivity contribution < 1.29 is 0 Å². The molecule has 0 radical (unpaired) electrons. The molecule has 1 aromatic heterocycles. The lowest BCUT2D eigenvalue weighted by atomic mass is 9.98. The summed E-state index contributed by atoms with van der Waals surface area (Å²) in [7, 11) is 2.23. The molecule has 0 atom stereocenters. The molecule has 2 heterocycles. The lowest BCUT2D eigenvalue weighted by molar-refractivity contribution is 0.538. The Morgan fingerprint density at radius 1 is 1.36 bits per heavy atom. The second kappa shape index (κ2) is 2.50. The molecule has 14 heavy (non-hydrogen) atoms. The molecule has 0 unspecified atom stereocenters. The highest BCUT2D eigenvalue weighted by Gasteiger charge is 2.48. The van der Waals surface area contributed by atoms with E-state index in [4.69, 9.17) is 0 Å². The smallest absolute Gasteiger partial charge is 0.0637 e. The number of nitrogens with zero attached hydrogens (tertiary/aromatic N) is 2. The van der Waals surface area contributed by atoms with Gasteiger partial charge in [0.25, 0.3) is 0 Å². The van der Waals surface area contributed by atoms with Crippen molar-refractivity contribution in [3.05, 3.63) is 23.5 Å². The van der Waals surface area contributed by atoms with Crippen LogP contribution in [0.25, 0.3) is 0 Å². The van der Waals surface area contributed by atoms with Gasteiger partial charge in [0, 0.05) is 18.8 Å². The highest BCUT2D eigenvalue weighted by Crippen LogP contribution is 2.50.